The molecule has 1 atom stereocenters. The number of halogens is 1. The van der Waals surface area contributed by atoms with Gasteiger partial charge in [-0.25, -0.2) is 9.18 Å². The summed E-state index contributed by atoms with van der Waals surface area (Å²) in [5.41, 5.74) is 2.30. The molecule has 1 unspecified atom stereocenters. The summed E-state index contributed by atoms with van der Waals surface area (Å²) in [4.78, 5) is 41.4. The summed E-state index contributed by atoms with van der Waals surface area (Å²) in [6, 6.07) is 9.58. The van der Waals surface area contributed by atoms with Crippen LogP contribution in [0.1, 0.15) is 36.1 Å². The summed E-state index contributed by atoms with van der Waals surface area (Å²) in [5.74, 6) is -0.701. The number of likely N-dealkylation sites (tertiary alicyclic amines) is 1. The number of urea groups is 1. The van der Waals surface area contributed by atoms with E-state index >= 15 is 0 Å². The van der Waals surface area contributed by atoms with Crippen LogP contribution in [0.2, 0.25) is 19.6 Å². The van der Waals surface area contributed by atoms with Gasteiger partial charge in [0.2, 0.25) is 0 Å². The molecule has 0 radical (unpaired) electrons. The topological polar surface area (TPSA) is 87.2 Å². The molecule has 0 saturated carbocycles. The second-order valence-electron chi connectivity index (χ2n) is 11.0. The van der Waals surface area contributed by atoms with Gasteiger partial charge in [0.05, 0.1) is 21.1 Å². The number of nitrogens with zero attached hydrogens (tertiary/aromatic N) is 2. The van der Waals surface area contributed by atoms with Crippen molar-refractivity contribution in [3.05, 3.63) is 58.9 Å². The summed E-state index contributed by atoms with van der Waals surface area (Å²) in [6.07, 6.45) is 0.609. The lowest BCUT2D eigenvalue weighted by atomic mass is 9.87. The molecule has 2 aliphatic rings. The molecule has 2 amide bonds. The highest BCUT2D eigenvalue weighted by Crippen LogP contribution is 2.35. The predicted molar refractivity (Wildman–Crippen MR) is 142 cm³/mol. The average molecular weight is 527 g/mol. The molecule has 4 rings (SSSR count). The molecule has 1 fully saturated rings. The van der Waals surface area contributed by atoms with Gasteiger partial charge in [-0.2, -0.15) is 0 Å². The number of carboxylic acids is 1. The average Bonchev–Trinajstić information content (AvgIpc) is 2.79. The van der Waals surface area contributed by atoms with E-state index in [-0.39, 0.29) is 36.4 Å². The van der Waals surface area contributed by atoms with Crippen molar-refractivity contribution in [1.29, 1.82) is 0 Å². The summed E-state index contributed by atoms with van der Waals surface area (Å²) < 4.78 is 20.5. The van der Waals surface area contributed by atoms with Crippen molar-refractivity contribution in [3.63, 3.8) is 0 Å². The molecular formula is C28H35FN2O5Si. The Labute approximate surface area is 218 Å². The van der Waals surface area contributed by atoms with Crippen LogP contribution >= 0.6 is 0 Å². The highest BCUT2D eigenvalue weighted by Gasteiger charge is 2.41. The van der Waals surface area contributed by atoms with Crippen LogP contribution in [0.25, 0.3) is 0 Å². The maximum absolute atomic E-state index is 14.9. The van der Waals surface area contributed by atoms with E-state index in [9.17, 15) is 18.8 Å². The fourth-order valence-electron chi connectivity index (χ4n) is 5.27. The van der Waals surface area contributed by atoms with Crippen molar-refractivity contribution in [1.82, 2.24) is 9.80 Å². The molecule has 37 heavy (non-hydrogen) atoms. The van der Waals surface area contributed by atoms with Gasteiger partial charge in [-0.15, -0.1) is 0 Å². The van der Waals surface area contributed by atoms with Crippen LogP contribution < -0.4 is 9.92 Å². The zero-order chi connectivity index (χ0) is 26.9. The molecule has 2 aromatic rings. The summed E-state index contributed by atoms with van der Waals surface area (Å²) >= 11 is 0. The monoisotopic (exact) mass is 526 g/mol. The van der Waals surface area contributed by atoms with E-state index in [1.807, 2.05) is 31.2 Å². The summed E-state index contributed by atoms with van der Waals surface area (Å²) in [7, 11) is -1.85. The molecule has 2 heterocycles. The summed E-state index contributed by atoms with van der Waals surface area (Å²) in [5, 5.41) is 9.76. The highest BCUT2D eigenvalue weighted by molar-refractivity contribution is 6.88. The van der Waals surface area contributed by atoms with Gasteiger partial charge in [0.25, 0.3) is 0 Å². The number of carbonyl (C=O) groups is 3. The number of benzene rings is 2. The Bertz CT molecular complexity index is 1210. The number of rotatable bonds is 8. The Morgan fingerprint density at radius 3 is 2.46 bits per heavy atom. The van der Waals surface area contributed by atoms with E-state index in [0.717, 1.165) is 22.1 Å². The first kappa shape index (κ1) is 26.8. The van der Waals surface area contributed by atoms with Gasteiger partial charge < -0.3 is 19.6 Å². The van der Waals surface area contributed by atoms with Gasteiger partial charge in [-0.05, 0) is 53.4 Å². The van der Waals surface area contributed by atoms with Crippen LogP contribution in [0.4, 0.5) is 9.18 Å². The predicted octanol–water partition coefficient (Wildman–Crippen LogP) is 4.01. The van der Waals surface area contributed by atoms with Crippen molar-refractivity contribution >= 4 is 31.0 Å². The number of aliphatic carboxylic acids is 1. The highest BCUT2D eigenvalue weighted by atomic mass is 28.3. The molecule has 0 aromatic heterocycles. The van der Waals surface area contributed by atoms with E-state index in [2.05, 4.69) is 19.6 Å². The molecule has 0 aliphatic carbocycles. The van der Waals surface area contributed by atoms with Crippen molar-refractivity contribution in [2.75, 3.05) is 26.2 Å². The fraction of sp³-hybridized carbons (Fsp3) is 0.464. The fourth-order valence-corrected chi connectivity index (χ4v) is 6.64. The Morgan fingerprint density at radius 2 is 1.84 bits per heavy atom. The van der Waals surface area contributed by atoms with E-state index in [4.69, 9.17) is 9.84 Å². The number of ether oxygens (including phenoxy) is 1. The number of amides is 2. The number of Topliss-reactive ketones (excluding diaryl/α,β-unsaturated/α-hetero) is 1. The zero-order valence-corrected chi connectivity index (χ0v) is 22.9. The number of fused-ring (bicyclic) bond motifs is 1. The third-order valence-corrected chi connectivity index (χ3v) is 9.14. The van der Waals surface area contributed by atoms with Crippen LogP contribution in [-0.4, -0.2) is 67.0 Å². The van der Waals surface area contributed by atoms with Gasteiger partial charge in [0.15, 0.2) is 5.78 Å². The van der Waals surface area contributed by atoms with Gasteiger partial charge in [-0.3, -0.25) is 9.59 Å². The van der Waals surface area contributed by atoms with Crippen molar-refractivity contribution in [2.24, 2.45) is 5.92 Å². The second kappa shape index (κ2) is 10.7. The minimum absolute atomic E-state index is 0.00559. The molecule has 2 aromatic carbocycles. The normalized spacial score (nSPS) is 17.7. The molecule has 1 N–H and O–H groups in total. The molecule has 1 saturated heterocycles. The number of carbonyl (C=O) groups excluding carboxylic acids is 2. The first-order chi connectivity index (χ1) is 17.5. The molecule has 2 aliphatic heterocycles. The van der Waals surface area contributed by atoms with Crippen LogP contribution in [0.5, 0.6) is 5.75 Å². The van der Waals surface area contributed by atoms with E-state index in [1.165, 1.54) is 6.07 Å². The summed E-state index contributed by atoms with van der Waals surface area (Å²) in [6.45, 7) is 9.75. The quantitative estimate of drug-likeness (QED) is 0.526. The Morgan fingerprint density at radius 1 is 1.11 bits per heavy atom. The van der Waals surface area contributed by atoms with Crippen LogP contribution in [0, 0.1) is 11.7 Å². The first-order valence-corrected chi connectivity index (χ1v) is 16.3. The van der Waals surface area contributed by atoms with Crippen LogP contribution in [0.15, 0.2) is 36.4 Å². The van der Waals surface area contributed by atoms with Gasteiger partial charge >= 0.3 is 12.0 Å². The maximum atomic E-state index is 14.9. The molecule has 0 spiro atoms. The molecule has 198 valence electrons. The molecule has 7 nitrogen and oxygen atoms in total. The van der Waals surface area contributed by atoms with Gasteiger partial charge in [0.1, 0.15) is 17.6 Å². The molecule has 0 bridgehead atoms. The SMILES string of the molecule is CCOc1ccc2c(c1)CCN(C(=O)N1CC(CC(=O)O)C1)C2C(=O)Cc1ccc([Si](C)(C)C)c(F)c1. The van der Waals surface area contributed by atoms with E-state index in [1.54, 1.807) is 15.9 Å². The second-order valence-corrected chi connectivity index (χ2v) is 16.0. The lowest BCUT2D eigenvalue weighted by Gasteiger charge is -2.45. The third kappa shape index (κ3) is 5.87. The number of hydrogen-bond acceptors (Lipinski definition) is 4. The molecular weight excluding hydrogens is 491 g/mol. The number of ketones is 1. The van der Waals surface area contributed by atoms with Gasteiger partial charge in [0, 0.05) is 32.0 Å². The van der Waals surface area contributed by atoms with Crippen LogP contribution in [-0.2, 0) is 22.4 Å². The Balaban J connectivity index is 1.60. The zero-order valence-electron chi connectivity index (χ0n) is 21.9. The van der Waals surface area contributed by atoms with Crippen molar-refractivity contribution in [2.45, 2.75) is 51.9 Å². The van der Waals surface area contributed by atoms with Gasteiger partial charge in [-0.1, -0.05) is 37.8 Å². The molecule has 9 heteroatoms. The third-order valence-electron chi connectivity index (χ3n) is 7.12. The lowest BCUT2D eigenvalue weighted by Crippen LogP contribution is -2.57. The van der Waals surface area contributed by atoms with Crippen molar-refractivity contribution < 1.29 is 28.6 Å². The standard InChI is InChI=1S/C28H35FN2O5Si/c1-5-36-21-7-8-22-20(15-21)10-11-31(28(35)30-16-19(17-30)14-26(33)34)27(22)24(32)13-18-6-9-25(23(29)12-18)37(2,3)4/h6-9,12,15,19,27H,5,10-11,13-14,16-17H2,1-4H3,(H,33,34). The Hall–Kier alpha value is -3.20. The van der Waals surface area contributed by atoms with E-state index in [0.29, 0.717) is 38.2 Å². The smallest absolute Gasteiger partial charge is 0.320 e. The maximum Gasteiger partial charge on any atom is 0.320 e. The van der Waals surface area contributed by atoms with E-state index < -0.39 is 20.1 Å². The number of carboxylic acid groups (broad SMARTS) is 1. The van der Waals surface area contributed by atoms with Crippen molar-refractivity contribution in [3.8, 4) is 5.75 Å². The Kier molecular flexibility index (Phi) is 7.73. The van der Waals surface area contributed by atoms with Crippen LogP contribution in [0.3, 0.4) is 0 Å². The minimum atomic E-state index is -1.85. The number of hydrogen-bond donors (Lipinski definition) is 1. The minimum Gasteiger partial charge on any atom is -0.494 e. The largest absolute Gasteiger partial charge is 0.494 e. The lowest BCUT2D eigenvalue weighted by molar-refractivity contribution is -0.139. The first-order valence-electron chi connectivity index (χ1n) is 12.8.